The first-order valence-electron chi connectivity index (χ1n) is 4.97. The van der Waals surface area contributed by atoms with Crippen molar-refractivity contribution in [2.75, 3.05) is 32.8 Å². The van der Waals surface area contributed by atoms with Gasteiger partial charge in [0.15, 0.2) is 0 Å². The fourth-order valence-corrected chi connectivity index (χ4v) is 1.52. The van der Waals surface area contributed by atoms with Gasteiger partial charge in [-0.1, -0.05) is 0 Å². The molecule has 5 nitrogen and oxygen atoms in total. The van der Waals surface area contributed by atoms with Gasteiger partial charge in [0.05, 0.1) is 12.7 Å². The zero-order valence-electron chi connectivity index (χ0n) is 8.32. The molecule has 1 fully saturated rings. The van der Waals surface area contributed by atoms with E-state index in [1.54, 1.807) is 4.90 Å². The number of hydrogen-bond donors (Lipinski definition) is 2. The number of likely N-dealkylation sites (tertiary alicyclic amines) is 1. The Balaban J connectivity index is 2.22. The van der Waals surface area contributed by atoms with Gasteiger partial charge in [-0.15, -0.1) is 0 Å². The number of carbonyl (C=O) groups is 1. The van der Waals surface area contributed by atoms with Crippen LogP contribution in [-0.2, 0) is 9.53 Å². The number of ether oxygens (including phenoxy) is 1. The van der Waals surface area contributed by atoms with Gasteiger partial charge in [0.1, 0.15) is 6.61 Å². The monoisotopic (exact) mass is 202 g/mol. The van der Waals surface area contributed by atoms with Crippen molar-refractivity contribution < 1.29 is 14.6 Å². The fraction of sp³-hybridized carbons (Fsp3) is 0.889. The third-order valence-electron chi connectivity index (χ3n) is 2.24. The zero-order chi connectivity index (χ0) is 10.4. The lowest BCUT2D eigenvalue weighted by Gasteiger charge is -2.29. The summed E-state index contributed by atoms with van der Waals surface area (Å²) in [5.74, 6) is -0.0581. The highest BCUT2D eigenvalue weighted by Crippen LogP contribution is 2.09. The zero-order valence-corrected chi connectivity index (χ0v) is 8.32. The van der Waals surface area contributed by atoms with Gasteiger partial charge in [0, 0.05) is 19.6 Å². The molecular weight excluding hydrogens is 184 g/mol. The minimum absolute atomic E-state index is 0.0581. The first kappa shape index (κ1) is 11.4. The number of carbonyl (C=O) groups excluding carboxylic acids is 1. The molecule has 3 N–H and O–H groups in total. The number of rotatable bonds is 4. The van der Waals surface area contributed by atoms with E-state index in [1.807, 2.05) is 0 Å². The predicted octanol–water partition coefficient (Wildman–Crippen LogP) is -1.05. The van der Waals surface area contributed by atoms with Crippen molar-refractivity contribution in [2.24, 2.45) is 5.73 Å². The lowest BCUT2D eigenvalue weighted by Crippen LogP contribution is -2.43. The standard InChI is InChI=1S/C9H18N2O3/c10-3-5-14-7-9(13)11-4-1-2-8(12)6-11/h8,12H,1-7,10H2. The van der Waals surface area contributed by atoms with Crippen molar-refractivity contribution in [1.82, 2.24) is 4.90 Å². The summed E-state index contributed by atoms with van der Waals surface area (Å²) in [6, 6.07) is 0. The van der Waals surface area contributed by atoms with Crippen LogP contribution in [0.5, 0.6) is 0 Å². The van der Waals surface area contributed by atoms with Gasteiger partial charge >= 0.3 is 0 Å². The molecule has 5 heteroatoms. The van der Waals surface area contributed by atoms with Crippen LogP contribution in [0.4, 0.5) is 0 Å². The molecule has 0 aromatic heterocycles. The van der Waals surface area contributed by atoms with Crippen LogP contribution >= 0.6 is 0 Å². The summed E-state index contributed by atoms with van der Waals surface area (Å²) in [5.41, 5.74) is 5.23. The van der Waals surface area contributed by atoms with E-state index in [1.165, 1.54) is 0 Å². The van der Waals surface area contributed by atoms with Crippen LogP contribution in [0, 0.1) is 0 Å². The van der Waals surface area contributed by atoms with Gasteiger partial charge in [0.2, 0.25) is 5.91 Å². The van der Waals surface area contributed by atoms with Crippen molar-refractivity contribution in [1.29, 1.82) is 0 Å². The highest BCUT2D eigenvalue weighted by Gasteiger charge is 2.21. The molecule has 1 atom stereocenters. The Morgan fingerprint density at radius 1 is 1.64 bits per heavy atom. The van der Waals surface area contributed by atoms with Crippen molar-refractivity contribution >= 4 is 5.91 Å². The van der Waals surface area contributed by atoms with E-state index in [2.05, 4.69) is 0 Å². The first-order valence-corrected chi connectivity index (χ1v) is 4.97. The molecule has 0 aromatic rings. The molecule has 1 aliphatic rings. The summed E-state index contributed by atoms with van der Waals surface area (Å²) in [7, 11) is 0. The predicted molar refractivity (Wildman–Crippen MR) is 51.7 cm³/mol. The molecule has 0 aromatic carbocycles. The number of nitrogens with zero attached hydrogens (tertiary/aromatic N) is 1. The van der Waals surface area contributed by atoms with Crippen LogP contribution in [0.25, 0.3) is 0 Å². The first-order chi connectivity index (χ1) is 6.74. The topological polar surface area (TPSA) is 75.8 Å². The Labute approximate surface area is 83.8 Å². The van der Waals surface area contributed by atoms with Gasteiger partial charge in [-0.3, -0.25) is 4.79 Å². The van der Waals surface area contributed by atoms with E-state index in [-0.39, 0.29) is 18.6 Å². The summed E-state index contributed by atoms with van der Waals surface area (Å²) in [6.45, 7) is 2.06. The second kappa shape index (κ2) is 5.95. The molecule has 1 saturated heterocycles. The number of amides is 1. The van der Waals surface area contributed by atoms with Crippen molar-refractivity contribution in [2.45, 2.75) is 18.9 Å². The fourth-order valence-electron chi connectivity index (χ4n) is 1.52. The quantitative estimate of drug-likeness (QED) is 0.570. The Bertz CT molecular complexity index is 187. The van der Waals surface area contributed by atoms with Crippen molar-refractivity contribution in [3.05, 3.63) is 0 Å². The normalized spacial score (nSPS) is 22.4. The summed E-state index contributed by atoms with van der Waals surface area (Å²) < 4.78 is 5.04. The van der Waals surface area contributed by atoms with Crippen LogP contribution in [0.2, 0.25) is 0 Å². The number of aliphatic hydroxyl groups excluding tert-OH is 1. The molecule has 1 aliphatic heterocycles. The Hall–Kier alpha value is -0.650. The lowest BCUT2D eigenvalue weighted by molar-refractivity contribution is -0.139. The Morgan fingerprint density at radius 2 is 2.43 bits per heavy atom. The van der Waals surface area contributed by atoms with Crippen molar-refractivity contribution in [3.63, 3.8) is 0 Å². The molecule has 82 valence electrons. The summed E-state index contributed by atoms with van der Waals surface area (Å²) >= 11 is 0. The number of hydrogen-bond acceptors (Lipinski definition) is 4. The number of piperidine rings is 1. The highest BCUT2D eigenvalue weighted by atomic mass is 16.5. The van der Waals surface area contributed by atoms with Crippen LogP contribution in [0.15, 0.2) is 0 Å². The van der Waals surface area contributed by atoms with E-state index in [9.17, 15) is 9.90 Å². The molecule has 0 saturated carbocycles. The molecule has 14 heavy (non-hydrogen) atoms. The average molecular weight is 202 g/mol. The van der Waals surface area contributed by atoms with E-state index in [0.717, 1.165) is 19.4 Å². The molecular formula is C9H18N2O3. The van der Waals surface area contributed by atoms with E-state index >= 15 is 0 Å². The Morgan fingerprint density at radius 3 is 3.07 bits per heavy atom. The van der Waals surface area contributed by atoms with E-state index < -0.39 is 0 Å². The largest absolute Gasteiger partial charge is 0.391 e. The van der Waals surface area contributed by atoms with Crippen LogP contribution in [-0.4, -0.2) is 54.9 Å². The van der Waals surface area contributed by atoms with E-state index in [0.29, 0.717) is 19.7 Å². The summed E-state index contributed by atoms with van der Waals surface area (Å²) in [6.07, 6.45) is 1.28. The second-order valence-electron chi connectivity index (χ2n) is 3.48. The molecule has 0 bridgehead atoms. The maximum Gasteiger partial charge on any atom is 0.248 e. The van der Waals surface area contributed by atoms with Gasteiger partial charge < -0.3 is 20.5 Å². The minimum Gasteiger partial charge on any atom is -0.391 e. The van der Waals surface area contributed by atoms with Crippen LogP contribution < -0.4 is 5.73 Å². The Kier molecular flexibility index (Phi) is 4.86. The molecule has 0 radical (unpaired) electrons. The SMILES string of the molecule is NCCOCC(=O)N1CCCC(O)C1. The third-order valence-corrected chi connectivity index (χ3v) is 2.24. The average Bonchev–Trinajstić information content (AvgIpc) is 2.18. The number of aliphatic hydroxyl groups is 1. The minimum atomic E-state index is -0.373. The molecule has 0 spiro atoms. The smallest absolute Gasteiger partial charge is 0.248 e. The van der Waals surface area contributed by atoms with Gasteiger partial charge in [-0.2, -0.15) is 0 Å². The third kappa shape index (κ3) is 3.61. The maximum absolute atomic E-state index is 11.5. The second-order valence-corrected chi connectivity index (χ2v) is 3.48. The van der Waals surface area contributed by atoms with Gasteiger partial charge in [-0.25, -0.2) is 0 Å². The maximum atomic E-state index is 11.5. The molecule has 1 amide bonds. The molecule has 0 aliphatic carbocycles. The lowest BCUT2D eigenvalue weighted by atomic mass is 10.1. The van der Waals surface area contributed by atoms with Crippen molar-refractivity contribution in [3.8, 4) is 0 Å². The van der Waals surface area contributed by atoms with Gasteiger partial charge in [0.25, 0.3) is 0 Å². The highest BCUT2D eigenvalue weighted by molar-refractivity contribution is 5.77. The molecule has 1 heterocycles. The molecule has 1 unspecified atom stereocenters. The van der Waals surface area contributed by atoms with Crippen LogP contribution in [0.3, 0.4) is 0 Å². The summed E-state index contributed by atoms with van der Waals surface area (Å²) in [4.78, 5) is 13.1. The number of β-amino-alcohol motifs (C(OH)–C–C–N with tert-alkyl or cyclic N) is 1. The van der Waals surface area contributed by atoms with Gasteiger partial charge in [-0.05, 0) is 12.8 Å². The van der Waals surface area contributed by atoms with E-state index in [4.69, 9.17) is 10.5 Å². The van der Waals surface area contributed by atoms with Crippen LogP contribution in [0.1, 0.15) is 12.8 Å². The number of nitrogens with two attached hydrogens (primary N) is 1. The summed E-state index contributed by atoms with van der Waals surface area (Å²) in [5, 5.41) is 9.35. The molecule has 1 rings (SSSR count).